The van der Waals surface area contributed by atoms with Crippen LogP contribution in [0.5, 0.6) is 0 Å². The van der Waals surface area contributed by atoms with Crippen LogP contribution in [0.1, 0.15) is 56.2 Å². The van der Waals surface area contributed by atoms with Crippen molar-refractivity contribution >= 4 is 17.7 Å². The zero-order valence-electron chi connectivity index (χ0n) is 18.2. The van der Waals surface area contributed by atoms with Gasteiger partial charge in [-0.25, -0.2) is 0 Å². The maximum absolute atomic E-state index is 13.3. The molecule has 31 heavy (non-hydrogen) atoms. The number of ether oxygens (including phenoxy) is 1. The summed E-state index contributed by atoms with van der Waals surface area (Å²) >= 11 is 0. The largest absolute Gasteiger partial charge is 0.358 e. The quantitative estimate of drug-likeness (QED) is 0.650. The highest BCUT2D eigenvalue weighted by Crippen LogP contribution is 2.32. The fourth-order valence-electron chi connectivity index (χ4n) is 4.85. The number of likely N-dealkylation sites (N-methyl/N-ethyl adjacent to an activating group) is 1. The van der Waals surface area contributed by atoms with Crippen LogP contribution in [-0.4, -0.2) is 60.6 Å². The predicted molar refractivity (Wildman–Crippen MR) is 115 cm³/mol. The smallest absolute Gasteiger partial charge is 0.247 e. The van der Waals surface area contributed by atoms with E-state index in [4.69, 9.17) is 4.74 Å². The van der Waals surface area contributed by atoms with Gasteiger partial charge < -0.3 is 25.6 Å². The summed E-state index contributed by atoms with van der Waals surface area (Å²) in [5.74, 6) is -0.615. The minimum Gasteiger partial charge on any atom is -0.358 e. The normalized spacial score (nSPS) is 28.8. The number of rotatable bonds is 5. The van der Waals surface area contributed by atoms with Crippen molar-refractivity contribution in [3.05, 3.63) is 35.4 Å². The molecule has 2 aliphatic heterocycles. The van der Waals surface area contributed by atoms with Gasteiger partial charge in [0.25, 0.3) is 0 Å². The second-order valence-corrected chi connectivity index (χ2v) is 8.68. The highest BCUT2D eigenvalue weighted by atomic mass is 16.5. The van der Waals surface area contributed by atoms with Crippen LogP contribution in [0.15, 0.2) is 24.3 Å². The molecule has 1 aromatic rings. The summed E-state index contributed by atoms with van der Waals surface area (Å²) in [7, 11) is 1.70. The number of amides is 3. The maximum Gasteiger partial charge on any atom is 0.247 e. The highest BCUT2D eigenvalue weighted by molar-refractivity contribution is 5.93. The van der Waals surface area contributed by atoms with E-state index in [1.807, 2.05) is 12.1 Å². The Labute approximate surface area is 183 Å². The van der Waals surface area contributed by atoms with E-state index < -0.39 is 24.4 Å². The van der Waals surface area contributed by atoms with E-state index in [1.54, 1.807) is 18.9 Å². The summed E-state index contributed by atoms with van der Waals surface area (Å²) in [5.41, 5.74) is 2.44. The van der Waals surface area contributed by atoms with Gasteiger partial charge in [-0.2, -0.15) is 0 Å². The molecule has 0 aromatic heterocycles. The van der Waals surface area contributed by atoms with Gasteiger partial charge in [-0.15, -0.1) is 0 Å². The molecular formula is C23H32N4O4. The van der Waals surface area contributed by atoms with E-state index >= 15 is 0 Å². The summed E-state index contributed by atoms with van der Waals surface area (Å²) in [5, 5.41) is 8.89. The monoisotopic (exact) mass is 428 g/mol. The number of carbonyl (C=O) groups excluding carboxylic acids is 3. The molecule has 0 saturated carbocycles. The van der Waals surface area contributed by atoms with Crippen molar-refractivity contribution < 1.29 is 19.1 Å². The Balaban J connectivity index is 1.47. The van der Waals surface area contributed by atoms with Gasteiger partial charge in [-0.05, 0) is 57.2 Å². The van der Waals surface area contributed by atoms with Crippen molar-refractivity contribution in [3.8, 4) is 0 Å². The van der Waals surface area contributed by atoms with Crippen LogP contribution in [-0.2, 0) is 25.5 Å². The first kappa shape index (κ1) is 21.8. The summed E-state index contributed by atoms with van der Waals surface area (Å²) in [6.07, 6.45) is 4.12. The molecule has 3 N–H and O–H groups in total. The summed E-state index contributed by atoms with van der Waals surface area (Å²) in [6.45, 7) is 2.11. The topological polar surface area (TPSA) is 99.8 Å². The predicted octanol–water partition coefficient (Wildman–Crippen LogP) is 1.01. The third kappa shape index (κ3) is 4.45. The number of benzene rings is 1. The Morgan fingerprint density at radius 3 is 2.71 bits per heavy atom. The minimum atomic E-state index is -0.683. The molecule has 0 bridgehead atoms. The van der Waals surface area contributed by atoms with Crippen LogP contribution < -0.4 is 16.0 Å². The van der Waals surface area contributed by atoms with Gasteiger partial charge in [0.05, 0.1) is 18.7 Å². The lowest BCUT2D eigenvalue weighted by atomic mass is 9.87. The van der Waals surface area contributed by atoms with Crippen LogP contribution in [0.3, 0.4) is 0 Å². The highest BCUT2D eigenvalue weighted by Gasteiger charge is 2.46. The third-order valence-corrected chi connectivity index (χ3v) is 6.73. The molecule has 2 saturated heterocycles. The zero-order chi connectivity index (χ0) is 22.0. The van der Waals surface area contributed by atoms with Crippen LogP contribution in [0.2, 0.25) is 0 Å². The molecule has 2 heterocycles. The summed E-state index contributed by atoms with van der Waals surface area (Å²) in [6, 6.07) is 6.52. The van der Waals surface area contributed by atoms with Gasteiger partial charge in [-0.1, -0.05) is 24.3 Å². The maximum atomic E-state index is 13.3. The zero-order valence-corrected chi connectivity index (χ0v) is 18.2. The molecule has 0 radical (unpaired) electrons. The van der Waals surface area contributed by atoms with E-state index in [0.29, 0.717) is 25.9 Å². The number of hydrogen-bond donors (Lipinski definition) is 3. The molecule has 5 atom stereocenters. The lowest BCUT2D eigenvalue weighted by Gasteiger charge is -2.32. The molecule has 2 fully saturated rings. The fourth-order valence-corrected chi connectivity index (χ4v) is 4.85. The Kier molecular flexibility index (Phi) is 6.57. The van der Waals surface area contributed by atoms with Crippen LogP contribution in [0.4, 0.5) is 0 Å². The number of nitrogens with one attached hydrogen (secondary N) is 3. The van der Waals surface area contributed by atoms with Crippen LogP contribution >= 0.6 is 0 Å². The van der Waals surface area contributed by atoms with E-state index in [9.17, 15) is 14.4 Å². The standard InChI is InChI=1S/C23H32N4O4/c1-14(24-2)21(28)26-18-12-13-31-20-11-10-19(27(20)23(18)30)22(29)25-17-9-5-7-15-6-3-4-8-16(15)17/h3-4,6,8,14,17-20,24H,5,7,9-13H2,1-2H3,(H,25,29)(H,26,28). The second-order valence-electron chi connectivity index (χ2n) is 8.68. The second kappa shape index (κ2) is 9.36. The lowest BCUT2D eigenvalue weighted by Crippen LogP contribution is -2.56. The van der Waals surface area contributed by atoms with Crippen molar-refractivity contribution in [3.63, 3.8) is 0 Å². The number of carbonyl (C=O) groups is 3. The fraction of sp³-hybridized carbons (Fsp3) is 0.609. The van der Waals surface area contributed by atoms with Gasteiger partial charge in [-0.3, -0.25) is 14.4 Å². The molecule has 4 rings (SSSR count). The molecule has 8 nitrogen and oxygen atoms in total. The molecule has 0 spiro atoms. The Morgan fingerprint density at radius 2 is 1.90 bits per heavy atom. The molecule has 1 aliphatic carbocycles. The Morgan fingerprint density at radius 1 is 1.10 bits per heavy atom. The lowest BCUT2D eigenvalue weighted by molar-refractivity contribution is -0.149. The number of nitrogens with zero attached hydrogens (tertiary/aromatic N) is 1. The van der Waals surface area contributed by atoms with E-state index in [0.717, 1.165) is 19.3 Å². The average molecular weight is 429 g/mol. The molecule has 3 aliphatic rings. The Bertz CT molecular complexity index is 845. The van der Waals surface area contributed by atoms with E-state index in [2.05, 4.69) is 28.1 Å². The van der Waals surface area contributed by atoms with Gasteiger partial charge in [0.1, 0.15) is 18.3 Å². The van der Waals surface area contributed by atoms with Crippen molar-refractivity contribution in [1.29, 1.82) is 0 Å². The first-order valence-electron chi connectivity index (χ1n) is 11.3. The van der Waals surface area contributed by atoms with Crippen molar-refractivity contribution in [2.24, 2.45) is 0 Å². The van der Waals surface area contributed by atoms with E-state index in [1.165, 1.54) is 11.1 Å². The number of hydrogen-bond acceptors (Lipinski definition) is 5. The first-order chi connectivity index (χ1) is 15.0. The molecule has 168 valence electrons. The third-order valence-electron chi connectivity index (χ3n) is 6.73. The SMILES string of the molecule is CNC(C)C(=O)NC1CCOC2CCC(C(=O)NC3CCCc4ccccc43)N2C1=O. The number of fused-ring (bicyclic) bond motifs is 2. The minimum absolute atomic E-state index is 0.0357. The van der Waals surface area contributed by atoms with Gasteiger partial charge in [0.2, 0.25) is 17.7 Å². The van der Waals surface area contributed by atoms with Crippen molar-refractivity contribution in [1.82, 2.24) is 20.9 Å². The number of aryl methyl sites for hydroxylation is 1. The van der Waals surface area contributed by atoms with E-state index in [-0.39, 0.29) is 23.8 Å². The van der Waals surface area contributed by atoms with Crippen molar-refractivity contribution in [2.45, 2.75) is 75.8 Å². The van der Waals surface area contributed by atoms with Crippen molar-refractivity contribution in [2.75, 3.05) is 13.7 Å². The molecular weight excluding hydrogens is 396 g/mol. The molecule has 3 amide bonds. The molecule has 8 heteroatoms. The Hall–Kier alpha value is -2.45. The van der Waals surface area contributed by atoms with Gasteiger partial charge in [0.15, 0.2) is 0 Å². The molecule has 1 aromatic carbocycles. The first-order valence-corrected chi connectivity index (χ1v) is 11.3. The average Bonchev–Trinajstić information content (AvgIpc) is 3.15. The summed E-state index contributed by atoms with van der Waals surface area (Å²) in [4.78, 5) is 40.5. The van der Waals surface area contributed by atoms with Crippen LogP contribution in [0, 0.1) is 0 Å². The van der Waals surface area contributed by atoms with Gasteiger partial charge >= 0.3 is 0 Å². The van der Waals surface area contributed by atoms with Crippen LogP contribution in [0.25, 0.3) is 0 Å². The summed E-state index contributed by atoms with van der Waals surface area (Å²) < 4.78 is 5.88. The molecule has 5 unspecified atom stereocenters. The van der Waals surface area contributed by atoms with Gasteiger partial charge in [0, 0.05) is 6.42 Å².